The monoisotopic (exact) mass is 571 g/mol. The number of sulfonamides is 1. The number of aliphatic hydroxyl groups is 2. The Morgan fingerprint density at radius 1 is 1.03 bits per heavy atom. The first-order valence-electron chi connectivity index (χ1n) is 9.91. The maximum atomic E-state index is 11.6. The molecule has 0 saturated heterocycles. The van der Waals surface area contributed by atoms with Gasteiger partial charge in [-0.25, -0.2) is 18.4 Å². The molecule has 0 radical (unpaired) electrons. The van der Waals surface area contributed by atoms with Crippen molar-refractivity contribution in [2.24, 2.45) is 0 Å². The van der Waals surface area contributed by atoms with Crippen molar-refractivity contribution >= 4 is 55.7 Å². The van der Waals surface area contributed by atoms with Crippen molar-refractivity contribution in [1.29, 1.82) is 0 Å². The summed E-state index contributed by atoms with van der Waals surface area (Å²) in [6.07, 6.45) is 1.000. The molecule has 20 heteroatoms. The van der Waals surface area contributed by atoms with Crippen LogP contribution in [-0.2, 0) is 29.5 Å². The van der Waals surface area contributed by atoms with Crippen LogP contribution in [0, 0.1) is 0 Å². The van der Waals surface area contributed by atoms with Crippen molar-refractivity contribution in [3.8, 4) is 0 Å². The fourth-order valence-electron chi connectivity index (χ4n) is 2.62. The minimum atomic E-state index is -4.58. The van der Waals surface area contributed by atoms with Crippen molar-refractivity contribution in [3.63, 3.8) is 0 Å². The summed E-state index contributed by atoms with van der Waals surface area (Å²) in [5.41, 5.74) is 0.0184. The molecule has 36 heavy (non-hydrogen) atoms. The number of nitrogens with one attached hydrogen (secondary N) is 3. The molecule has 1 aromatic carbocycles. The van der Waals surface area contributed by atoms with Gasteiger partial charge in [-0.3, -0.25) is 4.55 Å². The Kier molecular flexibility index (Phi) is 11.4. The predicted molar refractivity (Wildman–Crippen MR) is 128 cm³/mol. The van der Waals surface area contributed by atoms with Gasteiger partial charge >= 0.3 is 0 Å². The van der Waals surface area contributed by atoms with Crippen LogP contribution >= 0.6 is 12.0 Å². The number of nitrogens with zero attached hydrogens (tertiary/aromatic N) is 4. The predicted octanol–water partition coefficient (Wildman–Crippen LogP) is -0.958. The van der Waals surface area contributed by atoms with E-state index in [1.807, 2.05) is 0 Å². The van der Waals surface area contributed by atoms with E-state index in [0.717, 1.165) is 18.4 Å². The van der Waals surface area contributed by atoms with Crippen LogP contribution in [-0.4, -0.2) is 97.5 Å². The van der Waals surface area contributed by atoms with E-state index in [4.69, 9.17) is 5.26 Å². The normalized spacial score (nSPS) is 11.9. The molecule has 0 amide bonds. The molecule has 0 atom stereocenters. The lowest BCUT2D eigenvalue weighted by molar-refractivity contribution is -0.432. The molecule has 2 rings (SSSR count). The summed E-state index contributed by atoms with van der Waals surface area (Å²) in [7, 11) is -8.01. The Morgan fingerprint density at radius 2 is 1.69 bits per heavy atom. The summed E-state index contributed by atoms with van der Waals surface area (Å²) in [4.78, 5) is 13.8. The van der Waals surface area contributed by atoms with E-state index in [1.165, 1.54) is 11.0 Å². The third-order valence-electron chi connectivity index (χ3n) is 4.07. The quantitative estimate of drug-likeness (QED) is 0.0421. The van der Waals surface area contributed by atoms with Crippen molar-refractivity contribution in [2.75, 3.05) is 61.2 Å². The van der Waals surface area contributed by atoms with Gasteiger partial charge in [0, 0.05) is 26.2 Å². The summed E-state index contributed by atoms with van der Waals surface area (Å²) in [6.45, 7) is -0.372. The molecule has 0 fully saturated rings. The standard InChI is InChI=1S/C16H25N7O10S3/c1-35(27,28)18-5-4-17-14-20-15(22-16(21-14)23(6-8-24)7-9-25)19-12-10-11(36(29,30)31)2-3-13(12)34-33-32-26/h2-3,10,18,24-26H,4-9H2,1H3,(H,29,30,31)(H2,17,19,20,21,22). The highest BCUT2D eigenvalue weighted by atomic mass is 32.2. The number of rotatable bonds is 16. The largest absolute Gasteiger partial charge is 0.395 e. The molecule has 0 saturated carbocycles. The van der Waals surface area contributed by atoms with Gasteiger partial charge in [0.05, 0.1) is 47.0 Å². The van der Waals surface area contributed by atoms with E-state index < -0.39 is 25.0 Å². The van der Waals surface area contributed by atoms with Gasteiger partial charge in [-0.15, -0.1) is 4.33 Å². The third-order valence-corrected chi connectivity index (χ3v) is 6.31. The molecule has 202 valence electrons. The number of hydrogen-bond acceptors (Lipinski definition) is 16. The van der Waals surface area contributed by atoms with Crippen LogP contribution in [0.1, 0.15) is 0 Å². The number of aliphatic hydroxyl groups excluding tert-OH is 2. The Hall–Kier alpha value is -2.40. The van der Waals surface area contributed by atoms with Crippen LogP contribution in [0.15, 0.2) is 28.0 Å². The van der Waals surface area contributed by atoms with Gasteiger partial charge in [-0.05, 0) is 18.2 Å². The van der Waals surface area contributed by atoms with E-state index in [0.29, 0.717) is 12.0 Å². The molecular formula is C16H25N7O10S3. The lowest BCUT2D eigenvalue weighted by Gasteiger charge is -2.22. The van der Waals surface area contributed by atoms with Crippen LogP contribution < -0.4 is 20.3 Å². The first kappa shape index (κ1) is 29.8. The van der Waals surface area contributed by atoms with E-state index in [1.54, 1.807) is 0 Å². The third kappa shape index (κ3) is 9.93. The van der Waals surface area contributed by atoms with Crippen LogP contribution in [0.25, 0.3) is 0 Å². The maximum Gasteiger partial charge on any atom is 0.294 e. The Bertz CT molecular complexity index is 1210. The van der Waals surface area contributed by atoms with Gasteiger partial charge < -0.3 is 25.7 Å². The molecule has 1 heterocycles. The van der Waals surface area contributed by atoms with Crippen LogP contribution in [0.3, 0.4) is 0 Å². The van der Waals surface area contributed by atoms with E-state index in [2.05, 4.69) is 39.7 Å². The molecule has 0 spiro atoms. The summed E-state index contributed by atoms with van der Waals surface area (Å²) < 4.78 is 61.8. The Balaban J connectivity index is 2.45. The fourth-order valence-corrected chi connectivity index (χ4v) is 4.02. The maximum absolute atomic E-state index is 11.6. The first-order valence-corrected chi connectivity index (χ1v) is 14.0. The summed E-state index contributed by atoms with van der Waals surface area (Å²) >= 11 is 0.496. The van der Waals surface area contributed by atoms with Crippen LogP contribution in [0.2, 0.25) is 0 Å². The molecule has 7 N–H and O–H groups in total. The second-order valence-electron chi connectivity index (χ2n) is 6.79. The highest BCUT2D eigenvalue weighted by Crippen LogP contribution is 2.32. The highest BCUT2D eigenvalue weighted by Gasteiger charge is 2.18. The molecule has 17 nitrogen and oxygen atoms in total. The van der Waals surface area contributed by atoms with E-state index in [9.17, 15) is 31.6 Å². The van der Waals surface area contributed by atoms with Gasteiger partial charge in [0.15, 0.2) is 0 Å². The lowest BCUT2D eigenvalue weighted by Crippen LogP contribution is -2.32. The molecular weight excluding hydrogens is 546 g/mol. The number of hydrogen-bond donors (Lipinski definition) is 7. The van der Waals surface area contributed by atoms with Crippen LogP contribution in [0.5, 0.6) is 0 Å². The fraction of sp³-hybridized carbons (Fsp3) is 0.438. The molecule has 0 aliphatic carbocycles. The van der Waals surface area contributed by atoms with Gasteiger partial charge in [0.1, 0.15) is 0 Å². The minimum Gasteiger partial charge on any atom is -0.395 e. The Labute approximate surface area is 210 Å². The SMILES string of the molecule is CS(=O)(=O)NCCNc1nc(Nc2cc(S(=O)(=O)O)ccc2SOOO)nc(N(CCO)CCO)n1. The number of anilines is 4. The average Bonchev–Trinajstić information content (AvgIpc) is 2.79. The van der Waals surface area contributed by atoms with Crippen molar-refractivity contribution in [3.05, 3.63) is 18.2 Å². The Morgan fingerprint density at radius 3 is 2.28 bits per heavy atom. The lowest BCUT2D eigenvalue weighted by atomic mass is 10.3. The van der Waals surface area contributed by atoms with Crippen LogP contribution in [0.4, 0.5) is 23.5 Å². The van der Waals surface area contributed by atoms with Crippen molar-refractivity contribution in [1.82, 2.24) is 19.7 Å². The topological polar surface area (TPSA) is 246 Å². The van der Waals surface area contributed by atoms with Gasteiger partial charge in [-0.2, -0.15) is 23.4 Å². The molecule has 0 aliphatic heterocycles. The molecule has 1 aromatic heterocycles. The molecule has 0 unspecified atom stereocenters. The summed E-state index contributed by atoms with van der Waals surface area (Å²) in [5, 5.41) is 36.3. The minimum absolute atomic E-state index is 0.00922. The molecule has 0 bridgehead atoms. The molecule has 0 aliphatic rings. The van der Waals surface area contributed by atoms with Gasteiger partial charge in [-0.1, -0.05) is 5.04 Å². The zero-order valence-electron chi connectivity index (χ0n) is 18.7. The number of aromatic nitrogens is 3. The van der Waals surface area contributed by atoms with E-state index >= 15 is 0 Å². The number of benzene rings is 1. The van der Waals surface area contributed by atoms with Gasteiger partial charge in [0.25, 0.3) is 10.1 Å². The second kappa shape index (κ2) is 13.8. The zero-order chi connectivity index (χ0) is 26.8. The van der Waals surface area contributed by atoms with Crippen molar-refractivity contribution in [2.45, 2.75) is 9.79 Å². The highest BCUT2D eigenvalue weighted by molar-refractivity contribution is 7.94. The summed E-state index contributed by atoms with van der Waals surface area (Å²) in [6, 6.07) is 3.37. The smallest absolute Gasteiger partial charge is 0.294 e. The zero-order valence-corrected chi connectivity index (χ0v) is 21.2. The van der Waals surface area contributed by atoms with Crippen molar-refractivity contribution < 1.29 is 46.2 Å². The molecule has 2 aromatic rings. The van der Waals surface area contributed by atoms with Gasteiger partial charge in [0.2, 0.25) is 27.9 Å². The second-order valence-corrected chi connectivity index (χ2v) is 10.8. The summed E-state index contributed by atoms with van der Waals surface area (Å²) in [5.74, 6) is -0.142. The van der Waals surface area contributed by atoms with E-state index in [-0.39, 0.29) is 67.8 Å². The average molecular weight is 572 g/mol. The first-order chi connectivity index (χ1) is 17.0.